The van der Waals surface area contributed by atoms with Gasteiger partial charge < -0.3 is 5.73 Å². The van der Waals surface area contributed by atoms with Crippen molar-refractivity contribution in [2.75, 3.05) is 5.73 Å². The van der Waals surface area contributed by atoms with Crippen molar-refractivity contribution in [3.05, 3.63) is 65.1 Å². The Kier molecular flexibility index (Phi) is 3.05. The van der Waals surface area contributed by atoms with Crippen molar-refractivity contribution in [1.29, 1.82) is 0 Å². The number of pyridine rings is 2. The number of nitrogens with zero attached hydrogens (tertiary/aromatic N) is 2. The Bertz CT molecular complexity index is 740. The van der Waals surface area contributed by atoms with Crippen LogP contribution in [-0.4, -0.2) is 9.97 Å². The average molecular weight is 270 g/mol. The first kappa shape index (κ1) is 11.9. The fourth-order valence-corrected chi connectivity index (χ4v) is 2.33. The predicted octanol–water partition coefficient (Wildman–Crippen LogP) is 3.46. The van der Waals surface area contributed by atoms with E-state index in [4.69, 9.17) is 17.3 Å². The number of anilines is 1. The molecule has 2 N–H and O–H groups in total. The van der Waals surface area contributed by atoms with Crippen molar-refractivity contribution in [3.63, 3.8) is 0 Å². The number of hydrogen-bond acceptors (Lipinski definition) is 3. The highest BCUT2D eigenvalue weighted by molar-refractivity contribution is 6.30. The molecule has 1 aromatic carbocycles. The number of hydrogen-bond donors (Lipinski definition) is 1. The molecule has 0 aliphatic heterocycles. The lowest BCUT2D eigenvalue weighted by molar-refractivity contribution is 1.09. The van der Waals surface area contributed by atoms with E-state index in [9.17, 15) is 0 Å². The van der Waals surface area contributed by atoms with E-state index in [2.05, 4.69) is 9.97 Å². The summed E-state index contributed by atoms with van der Waals surface area (Å²) in [5, 5.41) is 2.67. The first-order valence-corrected chi connectivity index (χ1v) is 6.34. The third kappa shape index (κ3) is 2.51. The highest BCUT2D eigenvalue weighted by Crippen LogP contribution is 2.21. The summed E-state index contributed by atoms with van der Waals surface area (Å²) in [7, 11) is 0. The number of halogens is 1. The minimum absolute atomic E-state index is 0.516. The maximum Gasteiger partial charge on any atom is 0.133 e. The first-order chi connectivity index (χ1) is 9.22. The molecule has 0 saturated heterocycles. The molecule has 0 saturated carbocycles. The molecule has 94 valence electrons. The molecule has 0 bridgehead atoms. The lowest BCUT2D eigenvalue weighted by Gasteiger charge is -2.06. The lowest BCUT2D eigenvalue weighted by Crippen LogP contribution is -1.98. The standard InChI is InChI=1S/C15H12ClN3/c16-12-3-1-2-10(6-12)7-13-8-11-4-5-18-9-14(11)15(17)19-13/h1-6,8-9H,7H2,(H2,17,19). The Labute approximate surface area is 116 Å². The van der Waals surface area contributed by atoms with Gasteiger partial charge in [-0.1, -0.05) is 23.7 Å². The molecule has 2 aromatic heterocycles. The summed E-state index contributed by atoms with van der Waals surface area (Å²) in [5.41, 5.74) is 8.01. The Morgan fingerprint density at radius 3 is 2.89 bits per heavy atom. The molecule has 2 heterocycles. The highest BCUT2D eigenvalue weighted by Gasteiger charge is 2.04. The van der Waals surface area contributed by atoms with Crippen LogP contribution in [0.5, 0.6) is 0 Å². The van der Waals surface area contributed by atoms with Crippen LogP contribution in [0, 0.1) is 0 Å². The number of fused-ring (bicyclic) bond motifs is 1. The molecule has 0 fully saturated rings. The molecule has 0 amide bonds. The first-order valence-electron chi connectivity index (χ1n) is 5.96. The fourth-order valence-electron chi connectivity index (χ4n) is 2.12. The third-order valence-corrected chi connectivity index (χ3v) is 3.23. The van der Waals surface area contributed by atoms with Gasteiger partial charge in [0.15, 0.2) is 0 Å². The molecule has 0 atom stereocenters. The molecule has 3 aromatic rings. The molecule has 0 unspecified atom stereocenters. The second kappa shape index (κ2) is 4.86. The van der Waals surface area contributed by atoms with E-state index in [0.29, 0.717) is 12.2 Å². The van der Waals surface area contributed by atoms with E-state index < -0.39 is 0 Å². The molecular formula is C15H12ClN3. The van der Waals surface area contributed by atoms with Crippen LogP contribution in [0.4, 0.5) is 5.82 Å². The molecule has 0 aliphatic carbocycles. The summed E-state index contributed by atoms with van der Waals surface area (Å²) in [4.78, 5) is 8.48. The SMILES string of the molecule is Nc1nc(Cc2cccc(Cl)c2)cc2ccncc12. The van der Waals surface area contributed by atoms with E-state index in [1.54, 1.807) is 12.4 Å². The molecule has 0 spiro atoms. The predicted molar refractivity (Wildman–Crippen MR) is 78.2 cm³/mol. The van der Waals surface area contributed by atoms with Crippen LogP contribution in [-0.2, 0) is 6.42 Å². The normalized spacial score (nSPS) is 10.8. The third-order valence-electron chi connectivity index (χ3n) is 2.99. The van der Waals surface area contributed by atoms with Crippen molar-refractivity contribution in [2.24, 2.45) is 0 Å². The maximum atomic E-state index is 5.98. The summed E-state index contributed by atoms with van der Waals surface area (Å²) in [6.45, 7) is 0. The van der Waals surface area contributed by atoms with Crippen LogP contribution in [0.2, 0.25) is 5.02 Å². The smallest absolute Gasteiger partial charge is 0.133 e. The van der Waals surface area contributed by atoms with Crippen molar-refractivity contribution in [3.8, 4) is 0 Å². The zero-order chi connectivity index (χ0) is 13.2. The van der Waals surface area contributed by atoms with E-state index in [1.807, 2.05) is 36.4 Å². The van der Waals surface area contributed by atoms with Crippen LogP contribution in [0.15, 0.2) is 48.8 Å². The number of nitrogens with two attached hydrogens (primary N) is 1. The van der Waals surface area contributed by atoms with Gasteiger partial charge in [0, 0.05) is 34.9 Å². The zero-order valence-electron chi connectivity index (χ0n) is 10.2. The van der Waals surface area contributed by atoms with Crippen molar-refractivity contribution in [2.45, 2.75) is 6.42 Å². The monoisotopic (exact) mass is 269 g/mol. The van der Waals surface area contributed by atoms with Crippen molar-refractivity contribution < 1.29 is 0 Å². The van der Waals surface area contributed by atoms with Crippen LogP contribution in [0.3, 0.4) is 0 Å². The number of rotatable bonds is 2. The van der Waals surface area contributed by atoms with Gasteiger partial charge in [0.05, 0.1) is 0 Å². The lowest BCUT2D eigenvalue weighted by atomic mass is 10.1. The topological polar surface area (TPSA) is 51.8 Å². The van der Waals surface area contributed by atoms with Gasteiger partial charge in [-0.3, -0.25) is 4.98 Å². The van der Waals surface area contributed by atoms with Gasteiger partial charge in [0.2, 0.25) is 0 Å². The minimum Gasteiger partial charge on any atom is -0.383 e. The average Bonchev–Trinajstić information content (AvgIpc) is 2.39. The second-order valence-corrected chi connectivity index (χ2v) is 4.84. The Morgan fingerprint density at radius 2 is 2.05 bits per heavy atom. The molecule has 0 aliphatic rings. The van der Waals surface area contributed by atoms with Crippen molar-refractivity contribution >= 4 is 28.2 Å². The molecular weight excluding hydrogens is 258 g/mol. The largest absolute Gasteiger partial charge is 0.383 e. The molecule has 3 rings (SSSR count). The maximum absolute atomic E-state index is 5.98. The van der Waals surface area contributed by atoms with Gasteiger partial charge in [-0.05, 0) is 35.2 Å². The molecule has 19 heavy (non-hydrogen) atoms. The van der Waals surface area contributed by atoms with Crippen LogP contribution >= 0.6 is 11.6 Å². The van der Waals surface area contributed by atoms with Gasteiger partial charge in [-0.15, -0.1) is 0 Å². The van der Waals surface area contributed by atoms with Gasteiger partial charge in [0.25, 0.3) is 0 Å². The second-order valence-electron chi connectivity index (χ2n) is 4.40. The van der Waals surface area contributed by atoms with E-state index in [-0.39, 0.29) is 0 Å². The Morgan fingerprint density at radius 1 is 1.16 bits per heavy atom. The minimum atomic E-state index is 0.516. The number of aromatic nitrogens is 2. The van der Waals surface area contributed by atoms with E-state index in [1.165, 1.54) is 0 Å². The number of nitrogen functional groups attached to an aromatic ring is 1. The van der Waals surface area contributed by atoms with E-state index >= 15 is 0 Å². The quantitative estimate of drug-likeness (QED) is 0.775. The van der Waals surface area contributed by atoms with Gasteiger partial charge >= 0.3 is 0 Å². The van der Waals surface area contributed by atoms with Gasteiger partial charge in [0.1, 0.15) is 5.82 Å². The van der Waals surface area contributed by atoms with Crippen LogP contribution in [0.1, 0.15) is 11.3 Å². The molecule has 3 nitrogen and oxygen atoms in total. The summed E-state index contributed by atoms with van der Waals surface area (Å²) in [5.74, 6) is 0.516. The van der Waals surface area contributed by atoms with Gasteiger partial charge in [-0.2, -0.15) is 0 Å². The number of benzene rings is 1. The van der Waals surface area contributed by atoms with Crippen molar-refractivity contribution in [1.82, 2.24) is 9.97 Å². The van der Waals surface area contributed by atoms with E-state index in [0.717, 1.165) is 27.1 Å². The van der Waals surface area contributed by atoms with Crippen LogP contribution in [0.25, 0.3) is 10.8 Å². The summed E-state index contributed by atoms with van der Waals surface area (Å²) in [6, 6.07) is 11.7. The summed E-state index contributed by atoms with van der Waals surface area (Å²) in [6.07, 6.45) is 4.20. The summed E-state index contributed by atoms with van der Waals surface area (Å²) >= 11 is 5.98. The molecule has 4 heteroatoms. The Hall–Kier alpha value is -2.13. The summed E-state index contributed by atoms with van der Waals surface area (Å²) < 4.78 is 0. The zero-order valence-corrected chi connectivity index (χ0v) is 10.9. The highest BCUT2D eigenvalue weighted by atomic mass is 35.5. The fraction of sp³-hybridized carbons (Fsp3) is 0.0667. The van der Waals surface area contributed by atoms with Crippen LogP contribution < -0.4 is 5.73 Å². The Balaban J connectivity index is 2.02. The van der Waals surface area contributed by atoms with Gasteiger partial charge in [-0.25, -0.2) is 4.98 Å². The molecule has 0 radical (unpaired) electrons.